The molecule has 3 atom stereocenters. The number of hydrogen-bond donors (Lipinski definition) is 3. The third-order valence-electron chi connectivity index (χ3n) is 14.3. The van der Waals surface area contributed by atoms with Gasteiger partial charge in [0.25, 0.3) is 0 Å². The lowest BCUT2D eigenvalue weighted by atomic mass is 10.0. The molecular formula is C69H126N2O6P+. The summed E-state index contributed by atoms with van der Waals surface area (Å²) in [6, 6.07) is -0.873. The molecule has 0 aliphatic carbocycles. The predicted molar refractivity (Wildman–Crippen MR) is 341 cm³/mol. The number of nitrogens with one attached hydrogen (secondary N) is 1. The van der Waals surface area contributed by atoms with Crippen molar-refractivity contribution in [3.63, 3.8) is 0 Å². The molecule has 0 saturated heterocycles. The number of amides is 1. The summed E-state index contributed by atoms with van der Waals surface area (Å²) < 4.78 is 23.8. The maximum Gasteiger partial charge on any atom is 0.472 e. The van der Waals surface area contributed by atoms with Crippen molar-refractivity contribution < 1.29 is 32.9 Å². The van der Waals surface area contributed by atoms with Crippen molar-refractivity contribution in [3.8, 4) is 0 Å². The van der Waals surface area contributed by atoms with Gasteiger partial charge in [-0.05, 0) is 77.0 Å². The highest BCUT2D eigenvalue weighted by atomic mass is 31.2. The Morgan fingerprint density at radius 1 is 0.449 bits per heavy atom. The number of unbranched alkanes of at least 4 members (excludes halogenated alkanes) is 32. The zero-order chi connectivity index (χ0) is 57.0. The second kappa shape index (κ2) is 59.1. The van der Waals surface area contributed by atoms with Gasteiger partial charge in [-0.25, -0.2) is 4.57 Å². The van der Waals surface area contributed by atoms with E-state index in [9.17, 15) is 19.4 Å². The SMILES string of the molecule is CC/C=C\C/C=C\C/C=C\C/C=C\C/C=C\C/C=C\C/C=C\CCCCCC(=O)NC(COP(=O)(O)OCC[N+](C)(C)C)C(O)/C=C/CCCCCCCCCCCCCCCCCCCCCCCCCCCCCCC. The van der Waals surface area contributed by atoms with Gasteiger partial charge in [-0.3, -0.25) is 13.8 Å². The molecule has 3 unspecified atom stereocenters. The van der Waals surface area contributed by atoms with Gasteiger partial charge < -0.3 is 19.8 Å². The molecule has 452 valence electrons. The molecule has 0 aromatic rings. The fourth-order valence-corrected chi connectivity index (χ4v) is 10.00. The van der Waals surface area contributed by atoms with Gasteiger partial charge in [0.05, 0.1) is 39.9 Å². The fraction of sp³-hybridized carbons (Fsp3) is 0.754. The molecule has 0 spiro atoms. The van der Waals surface area contributed by atoms with Crippen molar-refractivity contribution in [1.29, 1.82) is 0 Å². The van der Waals surface area contributed by atoms with Crippen molar-refractivity contribution in [3.05, 3.63) is 97.2 Å². The first kappa shape index (κ1) is 75.4. The van der Waals surface area contributed by atoms with Gasteiger partial charge >= 0.3 is 7.82 Å². The van der Waals surface area contributed by atoms with Crippen molar-refractivity contribution in [2.75, 3.05) is 40.9 Å². The van der Waals surface area contributed by atoms with Gasteiger partial charge in [-0.1, -0.05) is 297 Å². The van der Waals surface area contributed by atoms with E-state index in [2.05, 4.69) is 104 Å². The van der Waals surface area contributed by atoms with Crippen molar-refractivity contribution in [2.24, 2.45) is 0 Å². The second-order valence-corrected chi connectivity index (χ2v) is 24.6. The third-order valence-corrected chi connectivity index (χ3v) is 15.3. The summed E-state index contributed by atoms with van der Waals surface area (Å²) in [5.74, 6) is -0.209. The molecule has 9 heteroatoms. The standard InChI is InChI=1S/C69H125N2O6P/c1-6-8-10-12-14-16-18-20-22-24-26-28-30-32-33-34-35-36-37-39-40-42-44-46-48-50-52-54-56-58-60-62-68(72)67(66-77-78(74,75)76-65-64-71(3,4)5)70-69(73)63-61-59-57-55-53-51-49-47-45-43-41-38-31-29-27-25-23-21-19-17-15-13-11-9-7-2/h9,11,15,17,21,23,27,29,38,41,45,47,51,53,60,62,67-68,72H,6-8,10,12-14,16,18-20,22,24-26,28,30-37,39-40,42-44,46,48-50,52,54-59,61,63-66H2,1-5H3,(H-,70,73,74,75)/p+1/b11-9-,17-15-,23-21-,29-27-,41-38-,47-45-,53-51-,62-60+. The van der Waals surface area contributed by atoms with E-state index in [1.807, 2.05) is 27.2 Å². The van der Waals surface area contributed by atoms with Crippen LogP contribution < -0.4 is 5.32 Å². The lowest BCUT2D eigenvalue weighted by Gasteiger charge is -2.25. The van der Waals surface area contributed by atoms with Crippen LogP contribution in [-0.4, -0.2) is 73.4 Å². The van der Waals surface area contributed by atoms with Crippen LogP contribution in [0, 0.1) is 0 Å². The highest BCUT2D eigenvalue weighted by molar-refractivity contribution is 7.47. The van der Waals surface area contributed by atoms with E-state index in [4.69, 9.17) is 9.05 Å². The molecule has 78 heavy (non-hydrogen) atoms. The van der Waals surface area contributed by atoms with Gasteiger partial charge in [0.2, 0.25) is 5.91 Å². The Labute approximate surface area is 483 Å². The number of phosphoric acid groups is 1. The second-order valence-electron chi connectivity index (χ2n) is 23.1. The Hall–Kier alpha value is -2.58. The number of hydrogen-bond acceptors (Lipinski definition) is 5. The summed E-state index contributed by atoms with van der Waals surface area (Å²) in [6.07, 6.45) is 85.4. The van der Waals surface area contributed by atoms with Gasteiger partial charge in [-0.2, -0.15) is 0 Å². The lowest BCUT2D eigenvalue weighted by Crippen LogP contribution is -2.45. The first-order chi connectivity index (χ1) is 38.0. The largest absolute Gasteiger partial charge is 0.472 e. The number of nitrogens with zero attached hydrogens (tertiary/aromatic N) is 1. The van der Waals surface area contributed by atoms with Crippen LogP contribution in [-0.2, 0) is 18.4 Å². The van der Waals surface area contributed by atoms with E-state index in [0.29, 0.717) is 17.4 Å². The van der Waals surface area contributed by atoms with Gasteiger partial charge in [0.15, 0.2) is 0 Å². The minimum Gasteiger partial charge on any atom is -0.387 e. The van der Waals surface area contributed by atoms with Crippen LogP contribution in [0.3, 0.4) is 0 Å². The van der Waals surface area contributed by atoms with Crippen molar-refractivity contribution in [1.82, 2.24) is 5.32 Å². The molecule has 0 aromatic carbocycles. The number of phosphoric ester groups is 1. The van der Waals surface area contributed by atoms with Crippen molar-refractivity contribution in [2.45, 2.75) is 296 Å². The average molecular weight is 1110 g/mol. The normalized spacial score (nSPS) is 14.4. The zero-order valence-corrected chi connectivity index (χ0v) is 52.5. The van der Waals surface area contributed by atoms with Gasteiger partial charge in [-0.15, -0.1) is 0 Å². The number of aliphatic hydroxyl groups is 1. The maximum atomic E-state index is 13.0. The van der Waals surface area contributed by atoms with Gasteiger partial charge in [0, 0.05) is 6.42 Å². The van der Waals surface area contributed by atoms with E-state index in [0.717, 1.165) is 89.9 Å². The smallest absolute Gasteiger partial charge is 0.387 e. The number of carbonyl (C=O) groups excluding carboxylic acids is 1. The zero-order valence-electron chi connectivity index (χ0n) is 51.6. The Kier molecular flexibility index (Phi) is 57.1. The lowest BCUT2D eigenvalue weighted by molar-refractivity contribution is -0.870. The summed E-state index contributed by atoms with van der Waals surface area (Å²) in [5.41, 5.74) is 0. The van der Waals surface area contributed by atoms with Crippen LogP contribution in [0.2, 0.25) is 0 Å². The summed E-state index contributed by atoms with van der Waals surface area (Å²) in [6.45, 7) is 4.69. The summed E-state index contributed by atoms with van der Waals surface area (Å²) in [4.78, 5) is 23.4. The van der Waals surface area contributed by atoms with E-state index >= 15 is 0 Å². The Morgan fingerprint density at radius 3 is 1.13 bits per heavy atom. The number of carbonyl (C=O) groups is 1. The maximum absolute atomic E-state index is 13.0. The summed E-state index contributed by atoms with van der Waals surface area (Å²) in [5, 5.41) is 14.0. The molecule has 0 heterocycles. The number of rotatable bonds is 59. The van der Waals surface area contributed by atoms with Crippen LogP contribution >= 0.6 is 7.82 Å². The third kappa shape index (κ3) is 61.0. The molecule has 8 nitrogen and oxygen atoms in total. The minimum absolute atomic E-state index is 0.0497. The molecule has 1 amide bonds. The molecule has 0 aliphatic rings. The monoisotopic (exact) mass is 1110 g/mol. The van der Waals surface area contributed by atoms with Gasteiger partial charge in [0.1, 0.15) is 13.2 Å². The molecule has 0 aromatic heterocycles. The number of aliphatic hydroxyl groups excluding tert-OH is 1. The first-order valence-electron chi connectivity index (χ1n) is 32.6. The molecule has 0 rings (SSSR count). The fourth-order valence-electron chi connectivity index (χ4n) is 9.26. The average Bonchev–Trinajstić information content (AvgIpc) is 3.41. The minimum atomic E-state index is -4.37. The topological polar surface area (TPSA) is 105 Å². The Balaban J connectivity index is 4.20. The summed E-state index contributed by atoms with van der Waals surface area (Å²) >= 11 is 0. The van der Waals surface area contributed by atoms with Crippen molar-refractivity contribution >= 4 is 13.7 Å². The predicted octanol–water partition coefficient (Wildman–Crippen LogP) is 20.5. The first-order valence-corrected chi connectivity index (χ1v) is 34.1. The summed E-state index contributed by atoms with van der Waals surface area (Å²) in [7, 11) is 1.54. The van der Waals surface area contributed by atoms with E-state index < -0.39 is 20.0 Å². The van der Waals surface area contributed by atoms with E-state index in [-0.39, 0.29) is 19.1 Å². The van der Waals surface area contributed by atoms with Crippen LogP contribution in [0.15, 0.2) is 97.2 Å². The highest BCUT2D eigenvalue weighted by Gasteiger charge is 2.27. The number of allylic oxidation sites excluding steroid dienone is 15. The van der Waals surface area contributed by atoms with Crippen LogP contribution in [0.4, 0.5) is 0 Å². The molecule has 0 saturated carbocycles. The van der Waals surface area contributed by atoms with Crippen LogP contribution in [0.25, 0.3) is 0 Å². The molecule has 0 aliphatic heterocycles. The number of likely N-dealkylation sites (N-methyl/N-ethyl adjacent to an activating group) is 1. The number of quaternary nitrogens is 1. The van der Waals surface area contributed by atoms with E-state index in [1.165, 1.54) is 173 Å². The molecule has 0 bridgehead atoms. The Morgan fingerprint density at radius 2 is 0.769 bits per heavy atom. The molecule has 0 fully saturated rings. The molecule has 3 N–H and O–H groups in total. The highest BCUT2D eigenvalue weighted by Crippen LogP contribution is 2.43. The molecule has 0 radical (unpaired) electrons. The van der Waals surface area contributed by atoms with Crippen LogP contribution in [0.1, 0.15) is 284 Å². The molecular weight excluding hydrogens is 984 g/mol. The Bertz CT molecular complexity index is 1590. The quantitative estimate of drug-likeness (QED) is 0.0243. The van der Waals surface area contributed by atoms with E-state index in [1.54, 1.807) is 6.08 Å². The van der Waals surface area contributed by atoms with Crippen LogP contribution in [0.5, 0.6) is 0 Å².